The quantitative estimate of drug-likeness (QED) is 0.515. The zero-order chi connectivity index (χ0) is 15.6. The Kier molecular flexibility index (Phi) is 3.84. The van der Waals surface area contributed by atoms with Gasteiger partial charge < -0.3 is 11.1 Å². The van der Waals surface area contributed by atoms with Crippen LogP contribution in [0.15, 0.2) is 36.4 Å². The lowest BCUT2D eigenvalue weighted by molar-refractivity contribution is -0.383. The van der Waals surface area contributed by atoms with Crippen molar-refractivity contribution in [3.63, 3.8) is 0 Å². The Morgan fingerprint density at radius 2 is 2.00 bits per heavy atom. The lowest BCUT2D eigenvalue weighted by atomic mass is 10.1. The number of benzene rings is 2. The summed E-state index contributed by atoms with van der Waals surface area (Å²) in [5.74, 6) is -1.06. The summed E-state index contributed by atoms with van der Waals surface area (Å²) in [6, 6.07) is 7.80. The number of hydrogen-bond donors (Lipinski definition) is 2. The molecule has 0 heterocycles. The first-order chi connectivity index (χ1) is 9.86. The van der Waals surface area contributed by atoms with Crippen LogP contribution in [0.1, 0.15) is 15.9 Å². The van der Waals surface area contributed by atoms with Gasteiger partial charge in [-0.15, -0.1) is 0 Å². The van der Waals surface area contributed by atoms with Crippen LogP contribution in [0, 0.1) is 22.9 Å². The average molecular weight is 289 g/mol. The summed E-state index contributed by atoms with van der Waals surface area (Å²) in [5.41, 5.74) is 6.07. The third kappa shape index (κ3) is 3.33. The van der Waals surface area contributed by atoms with Gasteiger partial charge in [0.15, 0.2) is 0 Å². The lowest BCUT2D eigenvalue weighted by Crippen LogP contribution is -2.13. The standard InChI is InChI=1S/C14H12FN3O3/c1-8-4-10(15)7-11(5-8)17-14(19)9-2-3-12(16)13(6-9)18(20)21/h2-7H,16H2,1H3,(H,17,19). The van der Waals surface area contributed by atoms with Crippen LogP contribution in [0.5, 0.6) is 0 Å². The highest BCUT2D eigenvalue weighted by Gasteiger charge is 2.16. The number of hydrogen-bond acceptors (Lipinski definition) is 4. The van der Waals surface area contributed by atoms with Crippen LogP contribution in [0.2, 0.25) is 0 Å². The zero-order valence-corrected chi connectivity index (χ0v) is 11.1. The summed E-state index contributed by atoms with van der Waals surface area (Å²) in [4.78, 5) is 22.1. The SMILES string of the molecule is Cc1cc(F)cc(NC(=O)c2ccc(N)c([N+](=O)[O-])c2)c1. The molecule has 0 saturated heterocycles. The predicted octanol–water partition coefficient (Wildman–Crippen LogP) is 2.88. The molecule has 6 nitrogen and oxygen atoms in total. The fourth-order valence-electron chi connectivity index (χ4n) is 1.85. The van der Waals surface area contributed by atoms with Gasteiger partial charge in [-0.05, 0) is 42.8 Å². The highest BCUT2D eigenvalue weighted by atomic mass is 19.1. The normalized spacial score (nSPS) is 10.2. The summed E-state index contributed by atoms with van der Waals surface area (Å²) < 4.78 is 13.2. The molecule has 3 N–H and O–H groups in total. The minimum absolute atomic E-state index is 0.0295. The number of nitrogens with zero attached hydrogens (tertiary/aromatic N) is 1. The van der Waals surface area contributed by atoms with Crippen LogP contribution >= 0.6 is 0 Å². The van der Waals surface area contributed by atoms with Gasteiger partial charge in [-0.2, -0.15) is 0 Å². The van der Waals surface area contributed by atoms with E-state index in [0.717, 1.165) is 12.1 Å². The van der Waals surface area contributed by atoms with E-state index in [4.69, 9.17) is 5.73 Å². The number of nitro groups is 1. The molecule has 108 valence electrons. The number of halogens is 1. The molecule has 0 atom stereocenters. The zero-order valence-electron chi connectivity index (χ0n) is 11.1. The summed E-state index contributed by atoms with van der Waals surface area (Å²) >= 11 is 0. The predicted molar refractivity (Wildman–Crippen MR) is 76.6 cm³/mol. The minimum atomic E-state index is -0.668. The molecule has 7 heteroatoms. The van der Waals surface area contributed by atoms with Crippen molar-refractivity contribution >= 4 is 23.0 Å². The van der Waals surface area contributed by atoms with Gasteiger partial charge in [0, 0.05) is 17.3 Å². The number of amides is 1. The minimum Gasteiger partial charge on any atom is -0.393 e. The maximum atomic E-state index is 13.2. The highest BCUT2D eigenvalue weighted by Crippen LogP contribution is 2.23. The van der Waals surface area contributed by atoms with Crippen molar-refractivity contribution in [2.24, 2.45) is 0 Å². The molecule has 0 unspecified atom stereocenters. The maximum absolute atomic E-state index is 13.2. The Labute approximate surface area is 119 Å². The molecule has 21 heavy (non-hydrogen) atoms. The number of nitrogens with one attached hydrogen (secondary N) is 1. The lowest BCUT2D eigenvalue weighted by Gasteiger charge is -2.07. The van der Waals surface area contributed by atoms with E-state index in [-0.39, 0.29) is 22.6 Å². The number of anilines is 2. The van der Waals surface area contributed by atoms with Gasteiger partial charge in [0.2, 0.25) is 0 Å². The van der Waals surface area contributed by atoms with Crippen LogP contribution in [0.4, 0.5) is 21.5 Å². The number of nitrogens with two attached hydrogens (primary N) is 1. The second-order valence-corrected chi connectivity index (χ2v) is 4.50. The number of carbonyl (C=O) groups is 1. The Morgan fingerprint density at radius 3 is 2.62 bits per heavy atom. The molecule has 0 radical (unpaired) electrons. The summed E-state index contributed by atoms with van der Waals surface area (Å²) in [6.45, 7) is 1.69. The van der Waals surface area contributed by atoms with Crippen LogP contribution in [0.25, 0.3) is 0 Å². The molecule has 0 spiro atoms. The Balaban J connectivity index is 2.28. The smallest absolute Gasteiger partial charge is 0.292 e. The van der Waals surface area contributed by atoms with Crippen molar-refractivity contribution < 1.29 is 14.1 Å². The second kappa shape index (κ2) is 5.58. The van der Waals surface area contributed by atoms with Crippen LogP contribution < -0.4 is 11.1 Å². The van der Waals surface area contributed by atoms with Gasteiger partial charge >= 0.3 is 0 Å². The molecule has 0 aliphatic rings. The first-order valence-electron chi connectivity index (χ1n) is 5.99. The van der Waals surface area contributed by atoms with Crippen molar-refractivity contribution in [2.45, 2.75) is 6.92 Å². The molecule has 2 aromatic carbocycles. The first kappa shape index (κ1) is 14.4. The third-order valence-electron chi connectivity index (χ3n) is 2.79. The molecule has 0 aliphatic carbocycles. The van der Waals surface area contributed by atoms with E-state index in [1.165, 1.54) is 18.2 Å². The third-order valence-corrected chi connectivity index (χ3v) is 2.79. The van der Waals surface area contributed by atoms with E-state index >= 15 is 0 Å². The molecule has 2 rings (SSSR count). The van der Waals surface area contributed by atoms with E-state index < -0.39 is 16.6 Å². The Bertz CT molecular complexity index is 711. The maximum Gasteiger partial charge on any atom is 0.292 e. The topological polar surface area (TPSA) is 98.3 Å². The number of nitrogen functional groups attached to an aromatic ring is 1. The van der Waals surface area contributed by atoms with Crippen molar-refractivity contribution in [2.75, 3.05) is 11.1 Å². The second-order valence-electron chi connectivity index (χ2n) is 4.50. The molecule has 0 aliphatic heterocycles. The van der Waals surface area contributed by atoms with Gasteiger partial charge in [-0.1, -0.05) is 0 Å². The number of aryl methyl sites for hydroxylation is 1. The van der Waals surface area contributed by atoms with E-state index in [9.17, 15) is 19.3 Å². The van der Waals surface area contributed by atoms with Gasteiger partial charge in [0.05, 0.1) is 4.92 Å². The van der Waals surface area contributed by atoms with Crippen molar-refractivity contribution in [3.8, 4) is 0 Å². The summed E-state index contributed by atoms with van der Waals surface area (Å²) in [6.07, 6.45) is 0. The van der Waals surface area contributed by atoms with Gasteiger partial charge in [-0.25, -0.2) is 4.39 Å². The molecular weight excluding hydrogens is 277 g/mol. The molecule has 0 aromatic heterocycles. The van der Waals surface area contributed by atoms with Gasteiger partial charge in [0.1, 0.15) is 11.5 Å². The largest absolute Gasteiger partial charge is 0.393 e. The van der Waals surface area contributed by atoms with E-state index in [1.54, 1.807) is 13.0 Å². The fourth-order valence-corrected chi connectivity index (χ4v) is 1.85. The van der Waals surface area contributed by atoms with E-state index in [2.05, 4.69) is 5.32 Å². The molecule has 0 bridgehead atoms. The van der Waals surface area contributed by atoms with Gasteiger partial charge in [0.25, 0.3) is 11.6 Å². The van der Waals surface area contributed by atoms with Crippen LogP contribution in [-0.4, -0.2) is 10.8 Å². The number of nitro benzene ring substituents is 1. The van der Waals surface area contributed by atoms with Gasteiger partial charge in [-0.3, -0.25) is 14.9 Å². The summed E-state index contributed by atoms with van der Waals surface area (Å²) in [5, 5.41) is 13.3. The Morgan fingerprint density at radius 1 is 1.29 bits per heavy atom. The molecule has 0 saturated carbocycles. The molecule has 0 fully saturated rings. The monoisotopic (exact) mass is 289 g/mol. The molecule has 1 amide bonds. The van der Waals surface area contributed by atoms with Crippen molar-refractivity contribution in [1.82, 2.24) is 0 Å². The first-order valence-corrected chi connectivity index (χ1v) is 5.99. The molecule has 2 aromatic rings. The highest BCUT2D eigenvalue weighted by molar-refractivity contribution is 6.05. The number of carbonyl (C=O) groups excluding carboxylic acids is 1. The Hall–Kier alpha value is -2.96. The van der Waals surface area contributed by atoms with Crippen LogP contribution in [-0.2, 0) is 0 Å². The van der Waals surface area contributed by atoms with E-state index in [1.807, 2.05) is 0 Å². The fraction of sp³-hybridized carbons (Fsp3) is 0.0714. The summed E-state index contributed by atoms with van der Waals surface area (Å²) in [7, 11) is 0. The van der Waals surface area contributed by atoms with Crippen molar-refractivity contribution in [1.29, 1.82) is 0 Å². The van der Waals surface area contributed by atoms with Crippen LogP contribution in [0.3, 0.4) is 0 Å². The average Bonchev–Trinajstić information content (AvgIpc) is 2.37. The number of rotatable bonds is 3. The van der Waals surface area contributed by atoms with Crippen molar-refractivity contribution in [3.05, 3.63) is 63.5 Å². The molecular formula is C14H12FN3O3. The van der Waals surface area contributed by atoms with E-state index in [0.29, 0.717) is 5.56 Å².